The maximum absolute atomic E-state index is 2.38. The van der Waals surface area contributed by atoms with E-state index < -0.39 is 0 Å². The van der Waals surface area contributed by atoms with Gasteiger partial charge in [0.1, 0.15) is 0 Å². The summed E-state index contributed by atoms with van der Waals surface area (Å²) in [4.78, 5) is 0. The largest absolute Gasteiger partial charge is 0.0657 e. The van der Waals surface area contributed by atoms with E-state index >= 15 is 0 Å². The van der Waals surface area contributed by atoms with Gasteiger partial charge in [0.15, 0.2) is 0 Å². The lowest BCUT2D eigenvalue weighted by Gasteiger charge is -2.02. The smallest absolute Gasteiger partial charge is 0.0224 e. The first-order chi connectivity index (χ1) is 5.77. The van der Waals surface area contributed by atoms with Gasteiger partial charge in [0.2, 0.25) is 0 Å². The zero-order valence-electron chi connectivity index (χ0n) is 9.23. The third-order valence-corrected chi connectivity index (χ3v) is 4.45. The molecule has 12 heavy (non-hydrogen) atoms. The predicted molar refractivity (Wildman–Crippen MR) is 61.8 cm³/mol. The molecular formula is C11H26Si. The first-order valence-electron chi connectivity index (χ1n) is 5.77. The van der Waals surface area contributed by atoms with Crippen molar-refractivity contribution >= 4 is 9.52 Å². The molecule has 0 aliphatic heterocycles. The van der Waals surface area contributed by atoms with E-state index in [2.05, 4.69) is 20.8 Å². The molecule has 0 radical (unpaired) electrons. The van der Waals surface area contributed by atoms with Crippen molar-refractivity contribution in [2.75, 3.05) is 0 Å². The summed E-state index contributed by atoms with van der Waals surface area (Å²) < 4.78 is 0. The van der Waals surface area contributed by atoms with Crippen LogP contribution in [0.15, 0.2) is 0 Å². The van der Waals surface area contributed by atoms with Crippen molar-refractivity contribution in [1.29, 1.82) is 0 Å². The highest BCUT2D eigenvalue weighted by atomic mass is 28.2. The molecule has 0 aromatic rings. The van der Waals surface area contributed by atoms with E-state index in [1.165, 1.54) is 38.5 Å². The molecule has 0 spiro atoms. The molecule has 0 atom stereocenters. The molecule has 0 saturated heterocycles. The summed E-state index contributed by atoms with van der Waals surface area (Å²) in [6, 6.07) is 1.59. The lowest BCUT2D eigenvalue weighted by atomic mass is 10.1. The van der Waals surface area contributed by atoms with Gasteiger partial charge in [-0.2, -0.15) is 0 Å². The van der Waals surface area contributed by atoms with Gasteiger partial charge in [-0.1, -0.05) is 70.9 Å². The Labute approximate surface area is 81.0 Å². The number of unbranched alkanes of at least 4 members (excludes halogenated alkanes) is 5. The Bertz CT molecular complexity index is 79.1. The predicted octanol–water partition coefficient (Wildman–Crippen LogP) is 3.76. The fraction of sp³-hybridized carbons (Fsp3) is 1.00. The minimum atomic E-state index is 0.307. The summed E-state index contributed by atoms with van der Waals surface area (Å²) in [5.41, 5.74) is 1.04. The first-order valence-corrected chi connectivity index (χ1v) is 7.59. The van der Waals surface area contributed by atoms with Crippen molar-refractivity contribution in [1.82, 2.24) is 0 Å². The Morgan fingerprint density at radius 1 is 0.917 bits per heavy atom. The molecule has 0 bridgehead atoms. The maximum atomic E-state index is 2.38. The maximum Gasteiger partial charge on any atom is 0.0224 e. The molecule has 74 valence electrons. The molecule has 0 saturated carbocycles. The fourth-order valence-electron chi connectivity index (χ4n) is 1.51. The van der Waals surface area contributed by atoms with Crippen molar-refractivity contribution in [3.63, 3.8) is 0 Å². The third-order valence-electron chi connectivity index (χ3n) is 2.39. The Kier molecular flexibility index (Phi) is 9.47. The summed E-state index contributed by atoms with van der Waals surface area (Å²) in [6.07, 6.45) is 8.80. The van der Waals surface area contributed by atoms with Gasteiger partial charge < -0.3 is 0 Å². The Morgan fingerprint density at radius 3 is 2.08 bits per heavy atom. The highest BCUT2D eigenvalue weighted by Gasteiger charge is 1.94. The number of hydrogen-bond acceptors (Lipinski definition) is 0. The van der Waals surface area contributed by atoms with Gasteiger partial charge in [-0.3, -0.25) is 0 Å². The van der Waals surface area contributed by atoms with Crippen LogP contribution in [0.25, 0.3) is 0 Å². The number of rotatable bonds is 8. The van der Waals surface area contributed by atoms with Crippen LogP contribution in [0, 0.1) is 0 Å². The molecule has 0 N–H and O–H groups in total. The van der Waals surface area contributed by atoms with Crippen LogP contribution < -0.4 is 0 Å². The van der Waals surface area contributed by atoms with Gasteiger partial charge in [0.25, 0.3) is 0 Å². The molecule has 0 aliphatic carbocycles. The van der Waals surface area contributed by atoms with Crippen LogP contribution in [-0.2, 0) is 0 Å². The van der Waals surface area contributed by atoms with Gasteiger partial charge in [0.05, 0.1) is 0 Å². The van der Waals surface area contributed by atoms with Crippen molar-refractivity contribution in [3.05, 3.63) is 0 Å². The standard InChI is InChI=1S/C11H26Si/c1-4-5-6-7-8-9-10-12-11(2)3/h11H,4-10,12H2,1-3H3. The molecule has 0 aliphatic rings. The molecule has 0 aromatic heterocycles. The van der Waals surface area contributed by atoms with Crippen LogP contribution in [0.2, 0.25) is 11.6 Å². The van der Waals surface area contributed by atoms with Crippen LogP contribution in [0.4, 0.5) is 0 Å². The summed E-state index contributed by atoms with van der Waals surface area (Å²) >= 11 is 0. The van der Waals surface area contributed by atoms with Crippen LogP contribution in [0.3, 0.4) is 0 Å². The Balaban J connectivity index is 2.82. The fourth-order valence-corrected chi connectivity index (χ4v) is 2.97. The molecule has 0 nitrogen and oxygen atoms in total. The summed E-state index contributed by atoms with van der Waals surface area (Å²) in [5.74, 6) is 0. The number of hydrogen-bond donors (Lipinski definition) is 0. The summed E-state index contributed by atoms with van der Waals surface area (Å²) in [5, 5.41) is 0. The van der Waals surface area contributed by atoms with Crippen molar-refractivity contribution in [2.24, 2.45) is 0 Å². The highest BCUT2D eigenvalue weighted by molar-refractivity contribution is 6.37. The van der Waals surface area contributed by atoms with Crippen LogP contribution in [0.1, 0.15) is 59.3 Å². The van der Waals surface area contributed by atoms with Crippen molar-refractivity contribution in [2.45, 2.75) is 70.9 Å². The molecule has 0 unspecified atom stereocenters. The topological polar surface area (TPSA) is 0 Å². The van der Waals surface area contributed by atoms with Crippen LogP contribution in [0.5, 0.6) is 0 Å². The molecule has 0 amide bonds. The molecule has 0 fully saturated rings. The lowest BCUT2D eigenvalue weighted by Crippen LogP contribution is -1.93. The minimum absolute atomic E-state index is 0.307. The van der Waals surface area contributed by atoms with E-state index in [-0.39, 0.29) is 0 Å². The van der Waals surface area contributed by atoms with Crippen molar-refractivity contribution < 1.29 is 0 Å². The van der Waals surface area contributed by atoms with Crippen LogP contribution >= 0.6 is 0 Å². The third kappa shape index (κ3) is 10.2. The molecule has 0 aromatic carbocycles. The Hall–Kier alpha value is 0.217. The van der Waals surface area contributed by atoms with Gasteiger partial charge in [-0.25, -0.2) is 0 Å². The quantitative estimate of drug-likeness (QED) is 0.400. The van der Waals surface area contributed by atoms with Gasteiger partial charge >= 0.3 is 0 Å². The highest BCUT2D eigenvalue weighted by Crippen LogP contribution is 2.09. The van der Waals surface area contributed by atoms with E-state index in [0.717, 1.165) is 5.54 Å². The average molecular weight is 186 g/mol. The second-order valence-electron chi connectivity index (χ2n) is 4.30. The lowest BCUT2D eigenvalue weighted by molar-refractivity contribution is 0.623. The van der Waals surface area contributed by atoms with Gasteiger partial charge in [0, 0.05) is 9.52 Å². The van der Waals surface area contributed by atoms with E-state index in [9.17, 15) is 0 Å². The first kappa shape index (κ1) is 12.2. The molecular weight excluding hydrogens is 160 g/mol. The van der Waals surface area contributed by atoms with Crippen LogP contribution in [-0.4, -0.2) is 9.52 Å². The van der Waals surface area contributed by atoms with Crippen molar-refractivity contribution in [3.8, 4) is 0 Å². The Morgan fingerprint density at radius 2 is 1.50 bits per heavy atom. The summed E-state index contributed by atoms with van der Waals surface area (Å²) in [7, 11) is 0.307. The van der Waals surface area contributed by atoms with E-state index in [1.807, 2.05) is 0 Å². The minimum Gasteiger partial charge on any atom is -0.0657 e. The SMILES string of the molecule is CCCCCCCC[SiH2]C(C)C. The molecule has 0 rings (SSSR count). The van der Waals surface area contributed by atoms with E-state index in [4.69, 9.17) is 0 Å². The normalized spacial score (nSPS) is 12.0. The second kappa shape index (κ2) is 9.31. The molecule has 1 heteroatoms. The second-order valence-corrected chi connectivity index (χ2v) is 7.22. The molecule has 0 heterocycles. The van der Waals surface area contributed by atoms with Gasteiger partial charge in [-0.15, -0.1) is 0 Å². The zero-order chi connectivity index (χ0) is 9.23. The average Bonchev–Trinajstić information content (AvgIpc) is 2.02. The zero-order valence-corrected chi connectivity index (χ0v) is 10.6. The van der Waals surface area contributed by atoms with Gasteiger partial charge in [-0.05, 0) is 0 Å². The monoisotopic (exact) mass is 186 g/mol. The summed E-state index contributed by atoms with van der Waals surface area (Å²) in [6.45, 7) is 7.04. The van der Waals surface area contributed by atoms with E-state index in [0.29, 0.717) is 9.52 Å². The van der Waals surface area contributed by atoms with E-state index in [1.54, 1.807) is 6.04 Å².